The van der Waals surface area contributed by atoms with Crippen molar-refractivity contribution in [2.24, 2.45) is 0 Å². The molecular formula is C24H31ClN4O. The summed E-state index contributed by atoms with van der Waals surface area (Å²) in [6.45, 7) is 9.42. The molecule has 160 valence electrons. The van der Waals surface area contributed by atoms with Crippen LogP contribution < -0.4 is 4.90 Å². The fourth-order valence-corrected chi connectivity index (χ4v) is 4.50. The highest BCUT2D eigenvalue weighted by molar-refractivity contribution is 6.30. The van der Waals surface area contributed by atoms with Crippen LogP contribution in [-0.4, -0.2) is 79.5 Å². The van der Waals surface area contributed by atoms with Gasteiger partial charge in [-0.15, -0.1) is 0 Å². The van der Waals surface area contributed by atoms with E-state index in [0.29, 0.717) is 6.42 Å². The fourth-order valence-electron chi connectivity index (χ4n) is 4.31. The average molecular weight is 427 g/mol. The highest BCUT2D eigenvalue weighted by Gasteiger charge is 2.23. The Hall–Kier alpha value is -2.08. The number of anilines is 1. The third-order valence-corrected chi connectivity index (χ3v) is 6.40. The molecule has 4 rings (SSSR count). The number of benzene rings is 2. The lowest BCUT2D eigenvalue weighted by Gasteiger charge is -2.37. The Bertz CT molecular complexity index is 815. The summed E-state index contributed by atoms with van der Waals surface area (Å²) in [7, 11) is 0. The van der Waals surface area contributed by atoms with Gasteiger partial charge in [0.15, 0.2) is 0 Å². The molecule has 5 nitrogen and oxygen atoms in total. The van der Waals surface area contributed by atoms with E-state index in [9.17, 15) is 4.79 Å². The zero-order valence-electron chi connectivity index (χ0n) is 17.5. The molecule has 6 heteroatoms. The minimum atomic E-state index is 0.285. The van der Waals surface area contributed by atoms with Crippen LogP contribution in [0, 0.1) is 0 Å². The van der Waals surface area contributed by atoms with Crippen molar-refractivity contribution in [3.63, 3.8) is 0 Å². The summed E-state index contributed by atoms with van der Waals surface area (Å²) in [5.41, 5.74) is 2.51. The first-order valence-corrected chi connectivity index (χ1v) is 11.3. The molecule has 2 heterocycles. The number of nitrogens with zero attached hydrogens (tertiary/aromatic N) is 4. The van der Waals surface area contributed by atoms with Crippen molar-refractivity contribution in [3.8, 4) is 0 Å². The normalized spacial score (nSPS) is 18.6. The summed E-state index contributed by atoms with van der Waals surface area (Å²) in [5, 5.41) is 0.759. The van der Waals surface area contributed by atoms with Gasteiger partial charge in [0.2, 0.25) is 5.91 Å². The molecule has 0 aromatic heterocycles. The minimum absolute atomic E-state index is 0.285. The summed E-state index contributed by atoms with van der Waals surface area (Å²) < 4.78 is 0. The Morgan fingerprint density at radius 1 is 0.800 bits per heavy atom. The maximum atomic E-state index is 12.7. The van der Waals surface area contributed by atoms with Crippen molar-refractivity contribution >= 4 is 23.2 Å². The van der Waals surface area contributed by atoms with Gasteiger partial charge in [-0.3, -0.25) is 9.69 Å². The molecule has 0 aliphatic carbocycles. The SMILES string of the molecule is O=C(CCN1CCN(Cc2ccccc2)CC1)N1CCN(c2cccc(Cl)c2)CC1. The van der Waals surface area contributed by atoms with E-state index in [1.807, 2.05) is 23.1 Å². The van der Waals surface area contributed by atoms with E-state index in [1.165, 1.54) is 5.56 Å². The maximum absolute atomic E-state index is 12.7. The van der Waals surface area contributed by atoms with Gasteiger partial charge in [0.1, 0.15) is 0 Å². The van der Waals surface area contributed by atoms with Crippen LogP contribution in [0.2, 0.25) is 5.02 Å². The predicted octanol–water partition coefficient (Wildman–Crippen LogP) is 3.20. The third-order valence-electron chi connectivity index (χ3n) is 6.16. The minimum Gasteiger partial charge on any atom is -0.368 e. The van der Waals surface area contributed by atoms with Crippen molar-refractivity contribution in [3.05, 3.63) is 65.2 Å². The monoisotopic (exact) mass is 426 g/mol. The summed E-state index contributed by atoms with van der Waals surface area (Å²) >= 11 is 6.11. The van der Waals surface area contributed by atoms with Gasteiger partial charge in [-0.05, 0) is 23.8 Å². The quantitative estimate of drug-likeness (QED) is 0.709. The van der Waals surface area contributed by atoms with Crippen LogP contribution in [0.1, 0.15) is 12.0 Å². The van der Waals surface area contributed by atoms with E-state index in [4.69, 9.17) is 11.6 Å². The van der Waals surface area contributed by atoms with Crippen molar-refractivity contribution < 1.29 is 4.79 Å². The Morgan fingerprint density at radius 3 is 2.20 bits per heavy atom. The molecule has 2 aliphatic rings. The second kappa shape index (κ2) is 10.3. The van der Waals surface area contributed by atoms with Gasteiger partial charge < -0.3 is 14.7 Å². The summed E-state index contributed by atoms with van der Waals surface area (Å²) in [4.78, 5) is 22.0. The first-order valence-electron chi connectivity index (χ1n) is 10.9. The largest absolute Gasteiger partial charge is 0.368 e. The van der Waals surface area contributed by atoms with Crippen LogP contribution in [0.25, 0.3) is 0 Å². The third kappa shape index (κ3) is 5.75. The molecular weight excluding hydrogens is 396 g/mol. The van der Waals surface area contributed by atoms with E-state index < -0.39 is 0 Å². The van der Waals surface area contributed by atoms with E-state index in [0.717, 1.165) is 76.2 Å². The van der Waals surface area contributed by atoms with Crippen LogP contribution in [0.3, 0.4) is 0 Å². The topological polar surface area (TPSA) is 30.0 Å². The maximum Gasteiger partial charge on any atom is 0.223 e. The number of carbonyl (C=O) groups is 1. The van der Waals surface area contributed by atoms with Gasteiger partial charge in [0, 0.05) is 82.6 Å². The molecule has 0 atom stereocenters. The number of piperazine rings is 2. The van der Waals surface area contributed by atoms with Gasteiger partial charge in [-0.2, -0.15) is 0 Å². The molecule has 0 unspecified atom stereocenters. The molecule has 1 amide bonds. The molecule has 2 aliphatic heterocycles. The molecule has 2 aromatic rings. The van der Waals surface area contributed by atoms with Gasteiger partial charge in [-0.25, -0.2) is 0 Å². The molecule has 0 saturated carbocycles. The van der Waals surface area contributed by atoms with Crippen molar-refractivity contribution in [1.82, 2.24) is 14.7 Å². The van der Waals surface area contributed by atoms with Crippen LogP contribution in [-0.2, 0) is 11.3 Å². The summed E-state index contributed by atoms with van der Waals surface area (Å²) in [6, 6.07) is 18.6. The molecule has 0 spiro atoms. The lowest BCUT2D eigenvalue weighted by atomic mass is 10.2. The molecule has 30 heavy (non-hydrogen) atoms. The fraction of sp³-hybridized carbons (Fsp3) is 0.458. The number of hydrogen-bond donors (Lipinski definition) is 0. The molecule has 0 N–H and O–H groups in total. The molecule has 0 bridgehead atoms. The van der Waals surface area contributed by atoms with Crippen LogP contribution in [0.4, 0.5) is 5.69 Å². The van der Waals surface area contributed by atoms with E-state index in [1.54, 1.807) is 0 Å². The average Bonchev–Trinajstić information content (AvgIpc) is 2.79. The zero-order chi connectivity index (χ0) is 20.8. The van der Waals surface area contributed by atoms with E-state index in [-0.39, 0.29) is 5.91 Å². The lowest BCUT2D eigenvalue weighted by molar-refractivity contribution is -0.131. The number of halogens is 1. The first-order chi connectivity index (χ1) is 14.7. The van der Waals surface area contributed by atoms with Crippen LogP contribution >= 0.6 is 11.6 Å². The number of amides is 1. The van der Waals surface area contributed by atoms with Crippen LogP contribution in [0.15, 0.2) is 54.6 Å². The predicted molar refractivity (Wildman–Crippen MR) is 123 cm³/mol. The first kappa shape index (κ1) is 21.2. The Labute approximate surface area is 184 Å². The Kier molecular flexibility index (Phi) is 7.26. The summed E-state index contributed by atoms with van der Waals surface area (Å²) in [6.07, 6.45) is 0.621. The van der Waals surface area contributed by atoms with Crippen molar-refractivity contribution in [1.29, 1.82) is 0 Å². The van der Waals surface area contributed by atoms with E-state index in [2.05, 4.69) is 51.1 Å². The van der Waals surface area contributed by atoms with Crippen LogP contribution in [0.5, 0.6) is 0 Å². The van der Waals surface area contributed by atoms with E-state index >= 15 is 0 Å². The second-order valence-electron chi connectivity index (χ2n) is 8.20. The van der Waals surface area contributed by atoms with Gasteiger partial charge in [-0.1, -0.05) is 48.0 Å². The molecule has 2 saturated heterocycles. The highest BCUT2D eigenvalue weighted by Crippen LogP contribution is 2.21. The Morgan fingerprint density at radius 2 is 1.50 bits per heavy atom. The van der Waals surface area contributed by atoms with Crippen molar-refractivity contribution in [2.45, 2.75) is 13.0 Å². The van der Waals surface area contributed by atoms with Crippen molar-refractivity contribution in [2.75, 3.05) is 63.8 Å². The Balaban J connectivity index is 1.15. The van der Waals surface area contributed by atoms with Gasteiger partial charge >= 0.3 is 0 Å². The van der Waals surface area contributed by atoms with Gasteiger partial charge in [0.05, 0.1) is 0 Å². The summed E-state index contributed by atoms with van der Waals surface area (Å²) in [5.74, 6) is 0.285. The number of rotatable bonds is 6. The second-order valence-corrected chi connectivity index (χ2v) is 8.64. The number of carbonyl (C=O) groups excluding carboxylic acids is 1. The molecule has 2 aromatic carbocycles. The lowest BCUT2D eigenvalue weighted by Crippen LogP contribution is -2.50. The molecule has 0 radical (unpaired) electrons. The number of hydrogen-bond acceptors (Lipinski definition) is 4. The molecule has 2 fully saturated rings. The standard InChI is InChI=1S/C24H31ClN4O/c25-22-7-4-8-23(19-22)28-15-17-29(18-16-28)24(30)9-10-26-11-13-27(14-12-26)20-21-5-2-1-3-6-21/h1-8,19H,9-18,20H2. The smallest absolute Gasteiger partial charge is 0.223 e. The van der Waals surface area contributed by atoms with Gasteiger partial charge in [0.25, 0.3) is 0 Å². The highest BCUT2D eigenvalue weighted by atomic mass is 35.5. The zero-order valence-corrected chi connectivity index (χ0v) is 18.3.